The molecule has 0 rings (SSSR count). The third-order valence-electron chi connectivity index (χ3n) is 0.232. The predicted octanol–water partition coefficient (Wildman–Crippen LogP) is 0.235. The quantitative estimate of drug-likeness (QED) is 0.140. The van der Waals surface area contributed by atoms with E-state index in [0.29, 0.717) is 0 Å². The molecule has 0 aromatic heterocycles. The Labute approximate surface area is 49.9 Å². The van der Waals surface area contributed by atoms with Gasteiger partial charge in [0, 0.05) is 18.1 Å². The van der Waals surface area contributed by atoms with E-state index < -0.39 is 6.16 Å². The molecule has 5 nitrogen and oxygen atoms in total. The fourth-order valence-electron chi connectivity index (χ4n) is 0.0726. The van der Waals surface area contributed by atoms with Crippen molar-refractivity contribution in [2.24, 2.45) is 5.16 Å². The number of rotatable bonds is 1. The van der Waals surface area contributed by atoms with Crippen molar-refractivity contribution in [2.45, 2.75) is 0 Å². The number of isocyanates is 1. The van der Waals surface area contributed by atoms with Crippen LogP contribution in [0.3, 0.4) is 0 Å². The molecular formula is C2HNO4S. The van der Waals surface area contributed by atoms with Gasteiger partial charge in [-0.25, -0.2) is 9.59 Å². The van der Waals surface area contributed by atoms with Gasteiger partial charge < -0.3 is 4.18 Å². The van der Waals surface area contributed by atoms with Crippen molar-refractivity contribution in [2.75, 3.05) is 0 Å². The second-order valence-corrected chi connectivity index (χ2v) is 0.798. The maximum Gasteiger partial charge on any atom is 0.548 e. The van der Waals surface area contributed by atoms with E-state index in [-0.39, 0.29) is 0 Å². The van der Waals surface area contributed by atoms with Crippen molar-refractivity contribution in [3.63, 3.8) is 0 Å². The lowest BCUT2D eigenvalue weighted by molar-refractivity contribution is 0.110. The van der Waals surface area contributed by atoms with Crippen LogP contribution in [-0.4, -0.2) is 12.2 Å². The Balaban J connectivity index is 3.39. The van der Waals surface area contributed by atoms with Gasteiger partial charge in [-0.15, -0.1) is 0 Å². The van der Waals surface area contributed by atoms with Crippen molar-refractivity contribution >= 4 is 25.1 Å². The number of carbonyl (C=O) groups is 1. The Morgan fingerprint density at radius 2 is 2.38 bits per heavy atom. The first kappa shape index (κ1) is 7.00. The average Bonchev–Trinajstić information content (AvgIpc) is 1.83. The molecule has 0 bridgehead atoms. The van der Waals surface area contributed by atoms with Gasteiger partial charge in [-0.05, 0) is 0 Å². The Bertz CT molecular complexity index is 128. The maximum atomic E-state index is 9.78. The first-order valence-corrected chi connectivity index (χ1v) is 1.77. The molecule has 0 unspecified atom stereocenters. The van der Waals surface area contributed by atoms with Crippen molar-refractivity contribution in [1.82, 2.24) is 0 Å². The summed E-state index contributed by atoms with van der Waals surface area (Å²) in [6, 6.07) is 0. The van der Waals surface area contributed by atoms with Crippen molar-refractivity contribution in [3.8, 4) is 0 Å². The molecule has 0 radical (unpaired) electrons. The predicted molar refractivity (Wildman–Crippen MR) is 24.7 cm³/mol. The van der Waals surface area contributed by atoms with Gasteiger partial charge in [0.05, 0.1) is 0 Å². The molecule has 6 heteroatoms. The van der Waals surface area contributed by atoms with Crippen molar-refractivity contribution in [3.05, 3.63) is 0 Å². The lowest BCUT2D eigenvalue weighted by Crippen LogP contribution is -1.93. The minimum absolute atomic E-state index is 0.951. The van der Waals surface area contributed by atoms with Gasteiger partial charge in [0.2, 0.25) is 0 Å². The van der Waals surface area contributed by atoms with Crippen LogP contribution < -0.4 is 0 Å². The van der Waals surface area contributed by atoms with E-state index in [4.69, 9.17) is 0 Å². The summed E-state index contributed by atoms with van der Waals surface area (Å²) in [5.74, 6) is 0. The number of nitrogens with zero attached hydrogens (tertiary/aromatic N) is 1. The van der Waals surface area contributed by atoms with Crippen LogP contribution in [0.1, 0.15) is 0 Å². The Kier molecular flexibility index (Phi) is 3.65. The molecule has 0 amide bonds. The van der Waals surface area contributed by atoms with Gasteiger partial charge in [-0.1, -0.05) is 0 Å². The smallest absolute Gasteiger partial charge is 0.361 e. The number of hydrogen-bond acceptors (Lipinski definition) is 6. The third-order valence-corrected chi connectivity index (χ3v) is 0.381. The number of hydrogen-bond donors (Lipinski definition) is 1. The Morgan fingerprint density at radius 3 is 2.75 bits per heavy atom. The first-order chi connectivity index (χ1) is 3.81. The lowest BCUT2D eigenvalue weighted by Gasteiger charge is -1.85. The molecule has 0 aliphatic carbocycles. The fourth-order valence-corrected chi connectivity index (χ4v) is 0.106. The van der Waals surface area contributed by atoms with Gasteiger partial charge >= 0.3 is 6.16 Å². The summed E-state index contributed by atoms with van der Waals surface area (Å²) < 4.78 is 3.61. The van der Waals surface area contributed by atoms with E-state index in [2.05, 4.69) is 27.1 Å². The van der Waals surface area contributed by atoms with Crippen LogP contribution in [0.15, 0.2) is 5.16 Å². The average molecular weight is 135 g/mol. The summed E-state index contributed by atoms with van der Waals surface area (Å²) >= 11 is 3.02. The van der Waals surface area contributed by atoms with Crippen molar-refractivity contribution < 1.29 is 18.6 Å². The number of thiol groups is 1. The zero-order valence-electron chi connectivity index (χ0n) is 3.53. The van der Waals surface area contributed by atoms with E-state index >= 15 is 0 Å². The molecule has 0 saturated carbocycles. The molecule has 0 fully saturated rings. The monoisotopic (exact) mass is 135 g/mol. The van der Waals surface area contributed by atoms with Gasteiger partial charge in [0.25, 0.3) is 6.08 Å². The van der Waals surface area contributed by atoms with E-state index in [9.17, 15) is 9.59 Å². The molecular weight excluding hydrogens is 134 g/mol. The zero-order chi connectivity index (χ0) is 6.41. The van der Waals surface area contributed by atoms with Crippen LogP contribution in [0.2, 0.25) is 0 Å². The molecule has 0 N–H and O–H groups in total. The third kappa shape index (κ3) is 3.20. The highest BCUT2D eigenvalue weighted by Crippen LogP contribution is 1.85. The van der Waals surface area contributed by atoms with Crippen LogP contribution >= 0.6 is 12.9 Å². The largest absolute Gasteiger partial charge is 0.548 e. The molecule has 0 heterocycles. The summed E-state index contributed by atoms with van der Waals surface area (Å²) in [5.41, 5.74) is 0. The van der Waals surface area contributed by atoms with Gasteiger partial charge in [-0.2, -0.15) is 0 Å². The van der Waals surface area contributed by atoms with Crippen LogP contribution in [-0.2, 0) is 13.8 Å². The van der Waals surface area contributed by atoms with Crippen LogP contribution in [0, 0.1) is 0 Å². The summed E-state index contributed by atoms with van der Waals surface area (Å²) in [6.45, 7) is 0. The molecule has 0 saturated heterocycles. The second-order valence-electron chi connectivity index (χ2n) is 0.615. The second kappa shape index (κ2) is 4.17. The number of carbonyl (C=O) groups excluding carboxylic acids is 2. The lowest BCUT2D eigenvalue weighted by atomic mass is 11.4. The van der Waals surface area contributed by atoms with Crippen LogP contribution in [0.4, 0.5) is 4.79 Å². The topological polar surface area (TPSA) is 65.0 Å². The molecule has 44 valence electrons. The van der Waals surface area contributed by atoms with Crippen LogP contribution in [0.25, 0.3) is 0 Å². The highest BCUT2D eigenvalue weighted by atomic mass is 32.1. The molecule has 0 aromatic carbocycles. The summed E-state index contributed by atoms with van der Waals surface area (Å²) in [5, 5.41) is 2.41. The Morgan fingerprint density at radius 1 is 1.75 bits per heavy atom. The van der Waals surface area contributed by atoms with E-state index in [1.54, 1.807) is 0 Å². The van der Waals surface area contributed by atoms with E-state index in [1.807, 2.05) is 0 Å². The highest BCUT2D eigenvalue weighted by Gasteiger charge is 1.96. The minimum atomic E-state index is -1.17. The molecule has 0 aliphatic rings. The zero-order valence-corrected chi connectivity index (χ0v) is 4.42. The van der Waals surface area contributed by atoms with Crippen molar-refractivity contribution in [1.29, 1.82) is 0 Å². The summed E-state index contributed by atoms with van der Waals surface area (Å²) in [4.78, 5) is 22.6. The first-order valence-electron chi connectivity index (χ1n) is 1.41. The summed E-state index contributed by atoms with van der Waals surface area (Å²) in [6.07, 6.45) is -0.219. The van der Waals surface area contributed by atoms with Gasteiger partial charge in [0.1, 0.15) is 0 Å². The SMILES string of the molecule is O=C=NOC(=O)OS. The fraction of sp³-hybridized carbons (Fsp3) is 0. The molecule has 0 spiro atoms. The van der Waals surface area contributed by atoms with E-state index in [1.165, 1.54) is 0 Å². The summed E-state index contributed by atoms with van der Waals surface area (Å²) in [7, 11) is 0. The van der Waals surface area contributed by atoms with Gasteiger partial charge in [-0.3, -0.25) is 4.84 Å². The highest BCUT2D eigenvalue weighted by molar-refractivity contribution is 7.75. The minimum Gasteiger partial charge on any atom is -0.361 e. The molecule has 0 aliphatic heterocycles. The van der Waals surface area contributed by atoms with E-state index in [0.717, 1.165) is 6.08 Å². The maximum absolute atomic E-state index is 9.78. The van der Waals surface area contributed by atoms with Gasteiger partial charge in [0.15, 0.2) is 0 Å². The molecule has 8 heavy (non-hydrogen) atoms. The van der Waals surface area contributed by atoms with Crippen LogP contribution in [0.5, 0.6) is 0 Å². The molecule has 0 aromatic rings. The standard InChI is InChI=1S/C2HNO4S/c4-1-3-6-2(5)7-8/h8H. The Hall–Kier alpha value is -1.00. The molecule has 0 atom stereocenters. The normalized spacial score (nSPS) is 6.62.